The summed E-state index contributed by atoms with van der Waals surface area (Å²) >= 11 is 3.20. The smallest absolute Gasteiger partial charge is 0.336 e. The Morgan fingerprint density at radius 2 is 2.13 bits per heavy atom. The number of hydrogen-bond donors (Lipinski definition) is 1. The van der Waals surface area contributed by atoms with Gasteiger partial charge >= 0.3 is 6.11 Å². The molecule has 0 saturated heterocycles. The van der Waals surface area contributed by atoms with Crippen molar-refractivity contribution in [3.63, 3.8) is 0 Å². The van der Waals surface area contributed by atoms with Gasteiger partial charge in [-0.15, -0.1) is 10.2 Å². The van der Waals surface area contributed by atoms with Crippen molar-refractivity contribution in [2.75, 3.05) is 0 Å². The highest BCUT2D eigenvalue weighted by molar-refractivity contribution is 9.10. The van der Waals surface area contributed by atoms with Crippen LogP contribution in [0.25, 0.3) is 5.65 Å². The lowest BCUT2D eigenvalue weighted by atomic mass is 10.4. The molecule has 7 heteroatoms. The first kappa shape index (κ1) is 10.4. The van der Waals surface area contributed by atoms with Crippen LogP contribution < -0.4 is 0 Å². The van der Waals surface area contributed by atoms with Gasteiger partial charge in [-0.05, 0) is 28.1 Å². The maximum Gasteiger partial charge on any atom is 0.360 e. The SMILES string of the molecule is OC(F)(F)Cc1nnc2ccc(Br)cn12. The number of hydrogen-bond acceptors (Lipinski definition) is 3. The average molecular weight is 278 g/mol. The van der Waals surface area contributed by atoms with Gasteiger partial charge in [0.05, 0.1) is 6.42 Å². The van der Waals surface area contributed by atoms with Crippen LogP contribution in [0.1, 0.15) is 5.82 Å². The van der Waals surface area contributed by atoms with Crippen LogP contribution in [-0.2, 0) is 6.42 Å². The van der Waals surface area contributed by atoms with E-state index in [1.54, 1.807) is 18.3 Å². The normalized spacial score (nSPS) is 12.3. The Bertz CT molecular complexity index is 494. The maximum atomic E-state index is 12.4. The fourth-order valence-electron chi connectivity index (χ4n) is 1.22. The monoisotopic (exact) mass is 277 g/mol. The number of rotatable bonds is 2. The van der Waals surface area contributed by atoms with Crippen LogP contribution >= 0.6 is 15.9 Å². The van der Waals surface area contributed by atoms with Crippen LogP contribution in [0.3, 0.4) is 0 Å². The molecule has 0 aliphatic carbocycles. The second kappa shape index (κ2) is 3.49. The number of halogens is 3. The number of fused-ring (bicyclic) bond motifs is 1. The van der Waals surface area contributed by atoms with Gasteiger partial charge in [0.25, 0.3) is 0 Å². The van der Waals surface area contributed by atoms with Gasteiger partial charge < -0.3 is 5.11 Å². The van der Waals surface area contributed by atoms with Crippen LogP contribution in [0.5, 0.6) is 0 Å². The van der Waals surface area contributed by atoms with Gasteiger partial charge in [-0.25, -0.2) is 0 Å². The quantitative estimate of drug-likeness (QED) is 0.908. The fourth-order valence-corrected chi connectivity index (χ4v) is 1.56. The first-order valence-corrected chi connectivity index (χ1v) is 4.84. The van der Waals surface area contributed by atoms with Crippen LogP contribution in [0.15, 0.2) is 22.8 Å². The molecule has 0 spiro atoms. The van der Waals surface area contributed by atoms with Crippen molar-refractivity contribution in [3.05, 3.63) is 28.6 Å². The predicted octanol–water partition coefficient (Wildman–Crippen LogP) is 1.62. The van der Waals surface area contributed by atoms with E-state index in [9.17, 15) is 8.78 Å². The minimum atomic E-state index is -3.77. The molecule has 0 atom stereocenters. The number of alkyl halides is 2. The lowest BCUT2D eigenvalue weighted by Crippen LogP contribution is -2.19. The van der Waals surface area contributed by atoms with E-state index in [1.807, 2.05) is 0 Å². The van der Waals surface area contributed by atoms with Gasteiger partial charge in [-0.1, -0.05) is 0 Å². The van der Waals surface area contributed by atoms with E-state index in [0.29, 0.717) is 5.65 Å². The maximum absolute atomic E-state index is 12.4. The second-order valence-corrected chi connectivity index (χ2v) is 3.95. The molecule has 15 heavy (non-hydrogen) atoms. The summed E-state index contributed by atoms with van der Waals surface area (Å²) < 4.78 is 26.9. The molecule has 2 aromatic rings. The Balaban J connectivity index is 2.48. The van der Waals surface area contributed by atoms with E-state index < -0.39 is 12.5 Å². The van der Waals surface area contributed by atoms with Crippen molar-refractivity contribution >= 4 is 21.6 Å². The molecule has 0 aliphatic heterocycles. The van der Waals surface area contributed by atoms with Gasteiger partial charge in [0, 0.05) is 10.7 Å². The topological polar surface area (TPSA) is 50.4 Å². The Morgan fingerprint density at radius 3 is 2.80 bits per heavy atom. The molecule has 0 bridgehead atoms. The summed E-state index contributed by atoms with van der Waals surface area (Å²) in [7, 11) is 0. The molecule has 0 aromatic carbocycles. The zero-order valence-electron chi connectivity index (χ0n) is 7.36. The lowest BCUT2D eigenvalue weighted by molar-refractivity contribution is -0.198. The molecule has 2 rings (SSSR count). The molecule has 1 N–H and O–H groups in total. The predicted molar refractivity (Wildman–Crippen MR) is 51.6 cm³/mol. The van der Waals surface area contributed by atoms with Gasteiger partial charge in [0.1, 0.15) is 5.82 Å². The Morgan fingerprint density at radius 1 is 1.40 bits per heavy atom. The molecule has 80 valence electrons. The van der Waals surface area contributed by atoms with Crippen molar-refractivity contribution in [3.8, 4) is 0 Å². The molecular weight excluding hydrogens is 272 g/mol. The molecule has 0 unspecified atom stereocenters. The van der Waals surface area contributed by atoms with Crippen molar-refractivity contribution in [2.45, 2.75) is 12.5 Å². The molecule has 2 heterocycles. The highest BCUT2D eigenvalue weighted by atomic mass is 79.9. The Kier molecular flexibility index (Phi) is 2.43. The van der Waals surface area contributed by atoms with Crippen LogP contribution in [0.4, 0.5) is 8.78 Å². The first-order chi connectivity index (χ1) is 6.96. The zero-order chi connectivity index (χ0) is 11.1. The lowest BCUT2D eigenvalue weighted by Gasteiger charge is -2.06. The van der Waals surface area contributed by atoms with Crippen LogP contribution in [0, 0.1) is 0 Å². The van der Waals surface area contributed by atoms with Crippen molar-refractivity contribution in [1.82, 2.24) is 14.6 Å². The van der Waals surface area contributed by atoms with Crippen LogP contribution in [0.2, 0.25) is 0 Å². The third kappa shape index (κ3) is 2.29. The van der Waals surface area contributed by atoms with E-state index >= 15 is 0 Å². The van der Waals surface area contributed by atoms with Crippen molar-refractivity contribution < 1.29 is 13.9 Å². The van der Waals surface area contributed by atoms with Crippen LogP contribution in [-0.4, -0.2) is 25.8 Å². The highest BCUT2D eigenvalue weighted by Crippen LogP contribution is 2.17. The van der Waals surface area contributed by atoms with E-state index in [0.717, 1.165) is 4.47 Å². The third-order valence-electron chi connectivity index (χ3n) is 1.81. The Labute approximate surface area is 91.7 Å². The number of aromatic nitrogens is 3. The number of aliphatic hydroxyl groups is 1. The second-order valence-electron chi connectivity index (χ2n) is 3.03. The summed E-state index contributed by atoms with van der Waals surface area (Å²) in [5, 5.41) is 15.7. The summed E-state index contributed by atoms with van der Waals surface area (Å²) in [4.78, 5) is 0. The standard InChI is InChI=1S/C8H6BrF2N3O/c9-5-1-2-6-12-13-7(14(6)4-5)3-8(10,11)15/h1-2,4,15H,3H2. The van der Waals surface area contributed by atoms with Crippen molar-refractivity contribution in [1.29, 1.82) is 0 Å². The molecule has 0 fully saturated rings. The summed E-state index contributed by atoms with van der Waals surface area (Å²) in [6.45, 7) is 0. The Hall–Kier alpha value is -1.08. The molecule has 0 saturated carbocycles. The van der Waals surface area contributed by atoms with Gasteiger partial charge in [-0.2, -0.15) is 8.78 Å². The number of pyridine rings is 1. The van der Waals surface area contributed by atoms with E-state index in [4.69, 9.17) is 5.11 Å². The zero-order valence-corrected chi connectivity index (χ0v) is 8.95. The summed E-state index contributed by atoms with van der Waals surface area (Å²) in [6.07, 6.45) is -3.06. The summed E-state index contributed by atoms with van der Waals surface area (Å²) in [6, 6.07) is 3.36. The summed E-state index contributed by atoms with van der Waals surface area (Å²) in [5.41, 5.74) is 0.456. The van der Waals surface area contributed by atoms with E-state index in [-0.39, 0.29) is 5.82 Å². The summed E-state index contributed by atoms with van der Waals surface area (Å²) in [5.74, 6) is 0.0128. The minimum Gasteiger partial charge on any atom is -0.336 e. The van der Waals surface area contributed by atoms with Gasteiger partial charge in [0.2, 0.25) is 0 Å². The largest absolute Gasteiger partial charge is 0.360 e. The molecule has 0 amide bonds. The van der Waals surface area contributed by atoms with Gasteiger partial charge in [-0.3, -0.25) is 4.40 Å². The fraction of sp³-hybridized carbons (Fsp3) is 0.250. The third-order valence-corrected chi connectivity index (χ3v) is 2.28. The van der Waals surface area contributed by atoms with E-state index in [2.05, 4.69) is 26.1 Å². The van der Waals surface area contributed by atoms with E-state index in [1.165, 1.54) is 4.40 Å². The molecular formula is C8H6BrF2N3O. The minimum absolute atomic E-state index is 0.0128. The first-order valence-electron chi connectivity index (χ1n) is 4.05. The molecule has 2 aromatic heterocycles. The highest BCUT2D eigenvalue weighted by Gasteiger charge is 2.27. The molecule has 0 radical (unpaired) electrons. The molecule has 4 nitrogen and oxygen atoms in total. The number of nitrogens with zero attached hydrogens (tertiary/aromatic N) is 3. The molecule has 0 aliphatic rings. The average Bonchev–Trinajstić information content (AvgIpc) is 2.46. The van der Waals surface area contributed by atoms with Gasteiger partial charge in [0.15, 0.2) is 5.65 Å². The van der Waals surface area contributed by atoms with Crippen molar-refractivity contribution in [2.24, 2.45) is 0 Å².